The summed E-state index contributed by atoms with van der Waals surface area (Å²) in [5.74, 6) is 0.499. The van der Waals surface area contributed by atoms with Gasteiger partial charge in [-0.25, -0.2) is 9.79 Å². The predicted molar refractivity (Wildman–Crippen MR) is 83.4 cm³/mol. The number of esters is 1. The van der Waals surface area contributed by atoms with Crippen LogP contribution < -0.4 is 0 Å². The van der Waals surface area contributed by atoms with Gasteiger partial charge in [0.25, 0.3) is 5.91 Å². The average molecular weight is 298 g/mol. The molecular formula is C17H18N2O3. The van der Waals surface area contributed by atoms with Crippen molar-refractivity contribution < 1.29 is 14.3 Å². The van der Waals surface area contributed by atoms with E-state index < -0.39 is 0 Å². The minimum Gasteiger partial charge on any atom is -0.465 e. The molecule has 0 aliphatic carbocycles. The molecule has 1 saturated heterocycles. The molecule has 2 aliphatic heterocycles. The van der Waals surface area contributed by atoms with E-state index >= 15 is 0 Å². The van der Waals surface area contributed by atoms with Crippen molar-refractivity contribution >= 4 is 23.8 Å². The van der Waals surface area contributed by atoms with Gasteiger partial charge in [-0.2, -0.15) is 0 Å². The smallest absolute Gasteiger partial charge is 0.337 e. The van der Waals surface area contributed by atoms with E-state index in [1.807, 2.05) is 0 Å². The molecule has 1 amide bonds. The van der Waals surface area contributed by atoms with Crippen molar-refractivity contribution in [3.05, 3.63) is 41.1 Å². The Kier molecular flexibility index (Phi) is 4.04. The summed E-state index contributed by atoms with van der Waals surface area (Å²) in [5.41, 5.74) is 1.81. The Morgan fingerprint density at radius 1 is 1.23 bits per heavy atom. The van der Waals surface area contributed by atoms with Gasteiger partial charge in [-0.1, -0.05) is 18.6 Å². The number of ether oxygens (including phenoxy) is 1. The maximum atomic E-state index is 12.4. The lowest BCUT2D eigenvalue weighted by atomic mass is 10.1. The van der Waals surface area contributed by atoms with Crippen LogP contribution in [0.5, 0.6) is 0 Å². The predicted octanol–water partition coefficient (Wildman–Crippen LogP) is 2.63. The monoisotopic (exact) mass is 298 g/mol. The van der Waals surface area contributed by atoms with Crippen LogP contribution in [0.1, 0.15) is 41.6 Å². The first-order valence-electron chi connectivity index (χ1n) is 7.48. The van der Waals surface area contributed by atoms with Crippen LogP contribution in [-0.2, 0) is 9.53 Å². The van der Waals surface area contributed by atoms with Gasteiger partial charge in [-0.3, -0.25) is 9.69 Å². The average Bonchev–Trinajstić information content (AvgIpc) is 2.71. The number of amidine groups is 1. The minimum atomic E-state index is -0.371. The lowest BCUT2D eigenvalue weighted by Crippen LogP contribution is -2.31. The Hall–Kier alpha value is -2.43. The van der Waals surface area contributed by atoms with E-state index in [0.29, 0.717) is 11.3 Å². The third-order valence-electron chi connectivity index (χ3n) is 3.94. The number of amides is 1. The van der Waals surface area contributed by atoms with Crippen molar-refractivity contribution in [3.63, 3.8) is 0 Å². The summed E-state index contributed by atoms with van der Waals surface area (Å²) < 4.78 is 4.67. The molecule has 0 atom stereocenters. The highest BCUT2D eigenvalue weighted by atomic mass is 16.5. The maximum absolute atomic E-state index is 12.4. The Morgan fingerprint density at radius 3 is 2.73 bits per heavy atom. The molecule has 22 heavy (non-hydrogen) atoms. The van der Waals surface area contributed by atoms with Crippen molar-refractivity contribution in [2.24, 2.45) is 4.99 Å². The number of rotatable bonds is 2. The van der Waals surface area contributed by atoms with Crippen LogP contribution in [0, 0.1) is 0 Å². The summed E-state index contributed by atoms with van der Waals surface area (Å²) in [4.78, 5) is 30.1. The number of aliphatic imine (C=N–C) groups is 1. The van der Waals surface area contributed by atoms with Crippen molar-refractivity contribution in [1.29, 1.82) is 0 Å². The van der Waals surface area contributed by atoms with E-state index in [2.05, 4.69) is 9.73 Å². The summed E-state index contributed by atoms with van der Waals surface area (Å²) in [6, 6.07) is 6.94. The fraction of sp³-hybridized carbons (Fsp3) is 0.353. The molecule has 1 fully saturated rings. The summed E-state index contributed by atoms with van der Waals surface area (Å²) in [6.45, 7) is 0.760. The van der Waals surface area contributed by atoms with Gasteiger partial charge in [0.05, 0.1) is 12.7 Å². The van der Waals surface area contributed by atoms with E-state index in [-0.39, 0.29) is 11.9 Å². The molecule has 0 unspecified atom stereocenters. The lowest BCUT2D eigenvalue weighted by molar-refractivity contribution is -0.122. The second-order valence-corrected chi connectivity index (χ2v) is 5.44. The molecular weight excluding hydrogens is 280 g/mol. The van der Waals surface area contributed by atoms with Crippen LogP contribution in [0.4, 0.5) is 0 Å². The van der Waals surface area contributed by atoms with E-state index in [0.717, 1.165) is 43.6 Å². The molecule has 114 valence electrons. The number of nitrogens with zero attached hydrogens (tertiary/aromatic N) is 2. The van der Waals surface area contributed by atoms with Crippen molar-refractivity contribution in [2.45, 2.75) is 25.7 Å². The molecule has 2 heterocycles. The second-order valence-electron chi connectivity index (χ2n) is 5.44. The number of carbonyl (C=O) groups is 2. The van der Waals surface area contributed by atoms with Crippen LogP contribution in [0.3, 0.4) is 0 Å². The molecule has 5 heteroatoms. The van der Waals surface area contributed by atoms with Crippen molar-refractivity contribution in [2.75, 3.05) is 13.7 Å². The molecule has 0 N–H and O–H groups in total. The number of hydrogen-bond donors (Lipinski definition) is 0. The summed E-state index contributed by atoms with van der Waals surface area (Å²) >= 11 is 0. The zero-order valence-electron chi connectivity index (χ0n) is 12.5. The van der Waals surface area contributed by atoms with Gasteiger partial charge in [0.15, 0.2) is 0 Å². The zero-order valence-corrected chi connectivity index (χ0v) is 12.5. The van der Waals surface area contributed by atoms with Crippen LogP contribution >= 0.6 is 0 Å². The largest absolute Gasteiger partial charge is 0.465 e. The first kappa shape index (κ1) is 14.5. The van der Waals surface area contributed by atoms with E-state index in [9.17, 15) is 9.59 Å². The third kappa shape index (κ3) is 2.79. The lowest BCUT2D eigenvalue weighted by Gasteiger charge is -2.13. The molecule has 0 aromatic heterocycles. The Labute approximate surface area is 129 Å². The first-order valence-corrected chi connectivity index (χ1v) is 7.48. The third-order valence-corrected chi connectivity index (χ3v) is 3.94. The zero-order chi connectivity index (χ0) is 15.5. The number of methoxy groups -OCH3 is 1. The second kappa shape index (κ2) is 6.13. The SMILES string of the molecule is COC(=O)c1ccc(C=C2N=C3CCCCCN3C2=O)cc1. The molecule has 3 rings (SSSR count). The summed E-state index contributed by atoms with van der Waals surface area (Å²) in [5, 5.41) is 0. The quantitative estimate of drug-likeness (QED) is 0.623. The van der Waals surface area contributed by atoms with Crippen LogP contribution in [0.2, 0.25) is 0 Å². The standard InChI is InChI=1S/C17H18N2O3/c1-22-17(21)13-8-6-12(7-9-13)11-14-16(20)19-10-4-2-3-5-15(19)18-14/h6-9,11H,2-5,10H2,1H3. The van der Waals surface area contributed by atoms with Crippen molar-refractivity contribution in [1.82, 2.24) is 4.90 Å². The van der Waals surface area contributed by atoms with Crippen molar-refractivity contribution in [3.8, 4) is 0 Å². The molecule has 0 spiro atoms. The fourth-order valence-corrected chi connectivity index (χ4v) is 2.74. The van der Waals surface area contributed by atoms with Gasteiger partial charge in [0.2, 0.25) is 0 Å². The van der Waals surface area contributed by atoms with E-state index in [1.165, 1.54) is 7.11 Å². The molecule has 0 radical (unpaired) electrons. The Bertz CT molecular complexity index is 659. The van der Waals surface area contributed by atoms with Gasteiger partial charge >= 0.3 is 5.97 Å². The summed E-state index contributed by atoms with van der Waals surface area (Å²) in [6.07, 6.45) is 5.90. The highest BCUT2D eigenvalue weighted by Crippen LogP contribution is 2.24. The molecule has 2 aliphatic rings. The number of carbonyl (C=O) groups excluding carboxylic acids is 2. The van der Waals surface area contributed by atoms with Crippen LogP contribution in [0.15, 0.2) is 35.0 Å². The van der Waals surface area contributed by atoms with Gasteiger partial charge < -0.3 is 4.74 Å². The highest BCUT2D eigenvalue weighted by molar-refractivity contribution is 6.14. The number of benzene rings is 1. The summed E-state index contributed by atoms with van der Waals surface area (Å²) in [7, 11) is 1.35. The Morgan fingerprint density at radius 2 is 2.00 bits per heavy atom. The minimum absolute atomic E-state index is 0.0195. The molecule has 5 nitrogen and oxygen atoms in total. The van der Waals surface area contributed by atoms with Gasteiger partial charge in [0, 0.05) is 13.0 Å². The van der Waals surface area contributed by atoms with Crippen LogP contribution in [-0.4, -0.2) is 36.3 Å². The van der Waals surface area contributed by atoms with Gasteiger partial charge in [-0.15, -0.1) is 0 Å². The first-order chi connectivity index (χ1) is 10.7. The fourth-order valence-electron chi connectivity index (χ4n) is 2.74. The Balaban J connectivity index is 1.83. The maximum Gasteiger partial charge on any atom is 0.337 e. The van der Waals surface area contributed by atoms with E-state index in [4.69, 9.17) is 0 Å². The topological polar surface area (TPSA) is 59.0 Å². The molecule has 1 aromatic carbocycles. The molecule has 0 bridgehead atoms. The number of hydrogen-bond acceptors (Lipinski definition) is 4. The van der Waals surface area contributed by atoms with Gasteiger partial charge in [-0.05, 0) is 36.6 Å². The van der Waals surface area contributed by atoms with Crippen LogP contribution in [0.25, 0.3) is 6.08 Å². The highest BCUT2D eigenvalue weighted by Gasteiger charge is 2.30. The molecule has 1 aromatic rings. The molecule has 0 saturated carbocycles. The number of fused-ring (bicyclic) bond motifs is 1. The van der Waals surface area contributed by atoms with E-state index in [1.54, 1.807) is 35.2 Å². The van der Waals surface area contributed by atoms with Gasteiger partial charge in [0.1, 0.15) is 11.5 Å². The normalized spacial score (nSPS) is 19.7.